The maximum atomic E-state index is 14.4. The van der Waals surface area contributed by atoms with E-state index in [9.17, 15) is 87.2 Å². The third kappa shape index (κ3) is 17.7. The fourth-order valence-corrected chi connectivity index (χ4v) is 14.4. The van der Waals surface area contributed by atoms with Crippen LogP contribution in [0.25, 0.3) is 21.5 Å². The number of esters is 1. The number of ether oxygens (including phenoxy) is 6. The van der Waals surface area contributed by atoms with E-state index in [4.69, 9.17) is 23.7 Å². The van der Waals surface area contributed by atoms with Gasteiger partial charge in [-0.25, -0.2) is 50.9 Å². The maximum absolute atomic E-state index is 14.4. The molecule has 7 rings (SSSR count). The minimum atomic E-state index is -5.46. The lowest BCUT2D eigenvalue weighted by molar-refractivity contribution is -0.438. The molecule has 2 aliphatic heterocycles. The predicted octanol–water partition coefficient (Wildman–Crippen LogP) is 7.08. The van der Waals surface area contributed by atoms with Crippen LogP contribution in [0.15, 0.2) is 122 Å². The SMILES string of the molecule is COCCOCCOCCOCCC1(C)C(C=CC=CC=CC=C2N(CCOC)c3cc(S(=O)(=O)[O-])c4ccc(S(=O)(=O)[O-])cc4c3C2(C)CCCS(=O)(=O)[O-])=[N+](CCCCCC(=O)Oc2c(F)c(F)cc(F)c2F)c2ccc3c(S(=O)(=O)[O-])cc(S(=O)(=O)[O-])cc3c21. The molecule has 93 heavy (non-hydrogen) atoms. The minimum absolute atomic E-state index is 0.000382. The summed E-state index contributed by atoms with van der Waals surface area (Å²) in [7, 11) is -23.3. The highest BCUT2D eigenvalue weighted by Crippen LogP contribution is 2.55. The van der Waals surface area contributed by atoms with Crippen molar-refractivity contribution in [3.8, 4) is 5.75 Å². The molecule has 24 nitrogen and oxygen atoms in total. The molecular formula is C60H64F4N2O22S5-4. The Morgan fingerprint density at radius 1 is 0.559 bits per heavy atom. The molecule has 5 aromatic rings. The molecule has 0 aliphatic carbocycles. The van der Waals surface area contributed by atoms with Gasteiger partial charge in [0.05, 0.1) is 81.4 Å². The molecule has 2 unspecified atom stereocenters. The number of anilines is 1. The molecule has 5 aromatic carbocycles. The molecule has 0 aromatic heterocycles. The van der Waals surface area contributed by atoms with Gasteiger partial charge in [0, 0.05) is 91.9 Å². The Morgan fingerprint density at radius 3 is 1.70 bits per heavy atom. The quantitative estimate of drug-likeness (QED) is 0.00580. The molecule has 2 heterocycles. The number of hydrogen-bond acceptors (Lipinski definition) is 23. The Hall–Kier alpha value is -6.41. The van der Waals surface area contributed by atoms with Gasteiger partial charge >= 0.3 is 5.97 Å². The lowest BCUT2D eigenvalue weighted by Crippen LogP contribution is -2.33. The Balaban J connectivity index is 1.30. The third-order valence-electron chi connectivity index (χ3n) is 15.6. The van der Waals surface area contributed by atoms with Gasteiger partial charge in [0.15, 0.2) is 17.3 Å². The number of benzene rings is 5. The first-order chi connectivity index (χ1) is 43.6. The van der Waals surface area contributed by atoms with Gasteiger partial charge in [0.1, 0.15) is 47.0 Å². The fraction of sp³-hybridized carbons (Fsp3) is 0.400. The van der Waals surface area contributed by atoms with Crippen LogP contribution in [0.1, 0.15) is 69.9 Å². The Bertz CT molecular complexity index is 4400. The Morgan fingerprint density at radius 2 is 1.11 bits per heavy atom. The molecule has 0 saturated carbocycles. The van der Waals surface area contributed by atoms with Crippen LogP contribution in [0.5, 0.6) is 5.75 Å². The van der Waals surface area contributed by atoms with Gasteiger partial charge < -0.3 is 56.1 Å². The first-order valence-electron chi connectivity index (χ1n) is 28.5. The first kappa shape index (κ1) is 74.0. The molecule has 2 aliphatic rings. The minimum Gasteiger partial charge on any atom is -0.748 e. The average Bonchev–Trinajstić information content (AvgIpc) is 1.59. The molecule has 2 atom stereocenters. The molecule has 0 spiro atoms. The molecule has 0 amide bonds. The average molecular weight is 1400 g/mol. The van der Waals surface area contributed by atoms with Crippen molar-refractivity contribution in [3.63, 3.8) is 0 Å². The second-order valence-electron chi connectivity index (χ2n) is 21.8. The van der Waals surface area contributed by atoms with Crippen LogP contribution in [0.2, 0.25) is 0 Å². The summed E-state index contributed by atoms with van der Waals surface area (Å²) in [4.78, 5) is 10.8. The first-order valence-corrected chi connectivity index (χ1v) is 35.7. The number of hydrogen-bond donors (Lipinski definition) is 0. The van der Waals surface area contributed by atoms with Gasteiger partial charge in [-0.2, -0.15) is 13.4 Å². The van der Waals surface area contributed by atoms with Crippen LogP contribution in [0.3, 0.4) is 0 Å². The Labute approximate surface area is 535 Å². The van der Waals surface area contributed by atoms with Gasteiger partial charge in [-0.05, 0) is 110 Å². The van der Waals surface area contributed by atoms with Gasteiger partial charge in [-0.15, -0.1) is 0 Å². The van der Waals surface area contributed by atoms with Crippen molar-refractivity contribution in [1.29, 1.82) is 0 Å². The number of rotatable bonds is 34. The van der Waals surface area contributed by atoms with E-state index in [1.807, 2.05) is 0 Å². The number of allylic oxidation sites excluding steroid dienone is 8. The summed E-state index contributed by atoms with van der Waals surface area (Å²) in [5.41, 5.74) is -1.07. The van der Waals surface area contributed by atoms with Crippen LogP contribution in [0.4, 0.5) is 28.9 Å². The molecule has 0 radical (unpaired) electrons. The normalized spacial score (nSPS) is 17.8. The van der Waals surface area contributed by atoms with Gasteiger partial charge in [-0.3, -0.25) is 4.79 Å². The van der Waals surface area contributed by atoms with E-state index < -0.39 is 128 Å². The third-order valence-corrected chi connectivity index (χ3v) is 19.8. The largest absolute Gasteiger partial charge is 0.748 e. The number of unbranched alkanes of at least 4 members (excludes halogenated alkanes) is 2. The van der Waals surface area contributed by atoms with Crippen LogP contribution < -0.4 is 9.64 Å². The zero-order valence-electron chi connectivity index (χ0n) is 50.4. The molecule has 0 N–H and O–H groups in total. The van der Waals surface area contributed by atoms with Crippen LogP contribution >= 0.6 is 0 Å². The topological polar surface area (TPSA) is 365 Å². The molecule has 33 heteroatoms. The van der Waals surface area contributed by atoms with Crippen molar-refractivity contribution in [3.05, 3.63) is 137 Å². The van der Waals surface area contributed by atoms with E-state index >= 15 is 0 Å². The molecule has 508 valence electrons. The molecule has 0 saturated heterocycles. The summed E-state index contributed by atoms with van der Waals surface area (Å²) in [5, 5.41) is -0.694. The summed E-state index contributed by atoms with van der Waals surface area (Å²) in [5.74, 6) is -11.1. The van der Waals surface area contributed by atoms with Crippen LogP contribution in [0, 0.1) is 23.3 Å². The van der Waals surface area contributed by atoms with Crippen molar-refractivity contribution in [2.24, 2.45) is 0 Å². The van der Waals surface area contributed by atoms with Crippen molar-refractivity contribution < 1.29 is 120 Å². The van der Waals surface area contributed by atoms with Crippen molar-refractivity contribution in [1.82, 2.24) is 0 Å². The second kappa shape index (κ2) is 30.5. The highest BCUT2D eigenvalue weighted by atomic mass is 32.2. The maximum Gasteiger partial charge on any atom is 0.311 e. The van der Waals surface area contributed by atoms with Gasteiger partial charge in [0.25, 0.3) is 0 Å². The molecule has 0 bridgehead atoms. The van der Waals surface area contributed by atoms with E-state index in [0.29, 0.717) is 36.4 Å². The monoisotopic (exact) mass is 1400 g/mol. The zero-order valence-corrected chi connectivity index (χ0v) is 54.5. The lowest BCUT2D eigenvalue weighted by atomic mass is 9.75. The predicted molar refractivity (Wildman–Crippen MR) is 322 cm³/mol. The van der Waals surface area contributed by atoms with E-state index in [0.717, 1.165) is 30.3 Å². The summed E-state index contributed by atoms with van der Waals surface area (Å²) in [6, 6.07) is 8.02. The smallest absolute Gasteiger partial charge is 0.311 e. The molecular weight excluding hydrogens is 1340 g/mol. The summed E-state index contributed by atoms with van der Waals surface area (Å²) in [6.45, 7) is 4.70. The van der Waals surface area contributed by atoms with Crippen molar-refractivity contribution in [2.45, 2.75) is 89.2 Å². The molecule has 0 fully saturated rings. The number of methoxy groups -OCH3 is 2. The van der Waals surface area contributed by atoms with E-state index in [1.165, 1.54) is 32.4 Å². The van der Waals surface area contributed by atoms with E-state index in [1.54, 1.807) is 59.8 Å². The van der Waals surface area contributed by atoms with E-state index in [2.05, 4.69) is 4.74 Å². The highest BCUT2D eigenvalue weighted by Gasteiger charge is 2.49. The highest BCUT2D eigenvalue weighted by molar-refractivity contribution is 7.87. The van der Waals surface area contributed by atoms with Crippen molar-refractivity contribution in [2.75, 3.05) is 90.8 Å². The van der Waals surface area contributed by atoms with Crippen LogP contribution in [-0.2, 0) is 89.9 Å². The van der Waals surface area contributed by atoms with Crippen LogP contribution in [-0.4, -0.2) is 167 Å². The van der Waals surface area contributed by atoms with Gasteiger partial charge in [0.2, 0.25) is 23.1 Å². The fourth-order valence-electron chi connectivity index (χ4n) is 11.4. The number of halogens is 4. The summed E-state index contributed by atoms with van der Waals surface area (Å²) < 4.78 is 278. The number of carbonyl (C=O) groups excluding carboxylic acids is 1. The summed E-state index contributed by atoms with van der Waals surface area (Å²) >= 11 is 0. The van der Waals surface area contributed by atoms with Crippen molar-refractivity contribution >= 4 is 95.2 Å². The van der Waals surface area contributed by atoms with Gasteiger partial charge in [-0.1, -0.05) is 36.4 Å². The number of nitrogens with zero attached hydrogens (tertiary/aromatic N) is 2. The lowest BCUT2D eigenvalue weighted by Gasteiger charge is -2.31. The second-order valence-corrected chi connectivity index (χ2v) is 28.8. The van der Waals surface area contributed by atoms with E-state index in [-0.39, 0.29) is 136 Å². The number of carbonyl (C=O) groups is 1. The standard InChI is InChI=1S/C60H68F4N2O22S5/c1-59(21-13-33-89(68,69)70)51(66(24-26-83-3)48-38-50(93(80,81)82)41-18-17-39(90(71,72)73)34-43(41)55(48)59)14-9-6-5-7-10-15-52-60(2,22-25-85-29-30-87-32-31-86-28-27-84-4)54-44-35-40(91(74,75)76)36-49(92(77,78)79)42(44)19-20-47(54)65(52)23-12-8-11-16-53(67)88-58-56(63)45(61)37-46(62)57(58)64/h5-7,9-10,14-15,17-20,34-38H,8,11-13,16,21-33H2,1-4H3,(H4-,68,69,70,71,72,73,74,75,76,77,78,79,80,81,82)/p-4. The Kier molecular flexibility index (Phi) is 24.3. The number of fused-ring (bicyclic) bond motifs is 6. The zero-order chi connectivity index (χ0) is 68.5. The summed E-state index contributed by atoms with van der Waals surface area (Å²) in [6.07, 6.45) is 10.6.